The van der Waals surface area contributed by atoms with E-state index in [0.29, 0.717) is 19.4 Å². The molecule has 2 N–H and O–H groups in total. The van der Waals surface area contributed by atoms with Crippen LogP contribution in [0.15, 0.2) is 60.9 Å². The SMILES string of the molecule is Cc1sc2ncnc(NCCCC(=O)N(C)c3ccc(O)cc3)c2c1-c1ccccc1. The largest absolute Gasteiger partial charge is 0.508 e. The summed E-state index contributed by atoms with van der Waals surface area (Å²) < 4.78 is 0. The molecule has 0 saturated heterocycles. The number of phenolic OH excluding ortho intramolecular Hbond substituents is 1. The topological polar surface area (TPSA) is 78.4 Å². The van der Waals surface area contributed by atoms with E-state index in [9.17, 15) is 9.90 Å². The molecule has 0 atom stereocenters. The van der Waals surface area contributed by atoms with Gasteiger partial charge in [-0.1, -0.05) is 30.3 Å². The van der Waals surface area contributed by atoms with E-state index in [-0.39, 0.29) is 11.7 Å². The van der Waals surface area contributed by atoms with Gasteiger partial charge in [0.2, 0.25) is 5.91 Å². The van der Waals surface area contributed by atoms with Crippen molar-refractivity contribution >= 4 is 39.0 Å². The van der Waals surface area contributed by atoms with Crippen LogP contribution in [-0.2, 0) is 4.79 Å². The summed E-state index contributed by atoms with van der Waals surface area (Å²) >= 11 is 1.66. The second-order valence-corrected chi connectivity index (χ2v) is 8.50. The zero-order valence-electron chi connectivity index (χ0n) is 17.5. The smallest absolute Gasteiger partial charge is 0.226 e. The molecule has 0 aliphatic rings. The van der Waals surface area contributed by atoms with Crippen LogP contribution in [0.2, 0.25) is 0 Å². The zero-order chi connectivity index (χ0) is 21.8. The number of aromatic hydroxyl groups is 1. The Morgan fingerprint density at radius 2 is 1.84 bits per heavy atom. The number of amides is 1. The number of nitrogens with one attached hydrogen (secondary N) is 1. The summed E-state index contributed by atoms with van der Waals surface area (Å²) in [5.41, 5.74) is 3.07. The number of anilines is 2. The van der Waals surface area contributed by atoms with Gasteiger partial charge in [0.15, 0.2) is 0 Å². The van der Waals surface area contributed by atoms with Gasteiger partial charge in [-0.05, 0) is 43.2 Å². The Morgan fingerprint density at radius 3 is 2.58 bits per heavy atom. The monoisotopic (exact) mass is 432 g/mol. The van der Waals surface area contributed by atoms with Gasteiger partial charge in [0.1, 0.15) is 22.7 Å². The van der Waals surface area contributed by atoms with Crippen LogP contribution < -0.4 is 10.2 Å². The Balaban J connectivity index is 1.44. The molecule has 2 aromatic carbocycles. The minimum Gasteiger partial charge on any atom is -0.508 e. The van der Waals surface area contributed by atoms with Crippen LogP contribution in [0.5, 0.6) is 5.75 Å². The number of thiophene rings is 1. The number of aryl methyl sites for hydroxylation is 1. The molecule has 4 aromatic rings. The van der Waals surface area contributed by atoms with E-state index in [2.05, 4.69) is 34.3 Å². The molecule has 0 fully saturated rings. The molecular formula is C24H24N4O2S. The van der Waals surface area contributed by atoms with Gasteiger partial charge in [-0.2, -0.15) is 0 Å². The fourth-order valence-electron chi connectivity index (χ4n) is 3.57. The number of nitrogens with zero attached hydrogens (tertiary/aromatic N) is 3. The zero-order valence-corrected chi connectivity index (χ0v) is 18.3. The first kappa shape index (κ1) is 20.8. The number of carbonyl (C=O) groups is 1. The molecule has 2 heterocycles. The van der Waals surface area contributed by atoms with Crippen molar-refractivity contribution in [3.8, 4) is 16.9 Å². The summed E-state index contributed by atoms with van der Waals surface area (Å²) in [6, 6.07) is 16.9. The van der Waals surface area contributed by atoms with E-state index in [0.717, 1.165) is 32.8 Å². The molecule has 6 nitrogen and oxygen atoms in total. The van der Waals surface area contributed by atoms with Gasteiger partial charge in [0.05, 0.1) is 5.39 Å². The lowest BCUT2D eigenvalue weighted by Gasteiger charge is -2.17. The first-order valence-electron chi connectivity index (χ1n) is 10.1. The number of carbonyl (C=O) groups excluding carboxylic acids is 1. The Morgan fingerprint density at radius 1 is 1.10 bits per heavy atom. The summed E-state index contributed by atoms with van der Waals surface area (Å²) in [6.07, 6.45) is 2.67. The molecule has 0 aliphatic carbocycles. The van der Waals surface area contributed by atoms with Crippen LogP contribution in [0.4, 0.5) is 11.5 Å². The van der Waals surface area contributed by atoms with Crippen LogP contribution in [0.1, 0.15) is 17.7 Å². The van der Waals surface area contributed by atoms with E-state index in [1.807, 2.05) is 18.2 Å². The fraction of sp³-hybridized carbons (Fsp3) is 0.208. The third-order valence-electron chi connectivity index (χ3n) is 5.20. The van der Waals surface area contributed by atoms with Crippen molar-refractivity contribution in [2.24, 2.45) is 0 Å². The van der Waals surface area contributed by atoms with Crippen LogP contribution >= 0.6 is 11.3 Å². The molecule has 0 saturated carbocycles. The molecule has 0 bridgehead atoms. The van der Waals surface area contributed by atoms with Gasteiger partial charge in [0.25, 0.3) is 0 Å². The van der Waals surface area contributed by atoms with Gasteiger partial charge in [-0.25, -0.2) is 9.97 Å². The summed E-state index contributed by atoms with van der Waals surface area (Å²) in [5.74, 6) is 1.01. The number of aromatic nitrogens is 2. The highest BCUT2D eigenvalue weighted by molar-refractivity contribution is 7.19. The molecular weight excluding hydrogens is 408 g/mol. The highest BCUT2D eigenvalue weighted by atomic mass is 32.1. The standard InChI is InChI=1S/C24H24N4O2S/c1-16-21(17-7-4-3-5-8-17)22-23(26-15-27-24(22)31-16)25-14-6-9-20(30)28(2)18-10-12-19(29)13-11-18/h3-5,7-8,10-13,15,29H,6,9,14H2,1-2H3,(H,25,26,27). The molecule has 0 aliphatic heterocycles. The number of benzene rings is 2. The third-order valence-corrected chi connectivity index (χ3v) is 6.21. The first-order valence-corrected chi connectivity index (χ1v) is 10.9. The molecule has 0 spiro atoms. The van der Waals surface area contributed by atoms with Crippen molar-refractivity contribution in [2.75, 3.05) is 23.8 Å². The van der Waals surface area contributed by atoms with E-state index in [1.165, 1.54) is 4.88 Å². The molecule has 0 unspecified atom stereocenters. The molecule has 1 amide bonds. The van der Waals surface area contributed by atoms with E-state index < -0.39 is 0 Å². The number of hydrogen-bond acceptors (Lipinski definition) is 6. The highest BCUT2D eigenvalue weighted by Gasteiger charge is 2.17. The van der Waals surface area contributed by atoms with Crippen molar-refractivity contribution in [1.82, 2.24) is 9.97 Å². The second-order valence-electron chi connectivity index (χ2n) is 7.30. The summed E-state index contributed by atoms with van der Waals surface area (Å²) in [4.78, 5) is 25.2. The quantitative estimate of drug-likeness (QED) is 0.391. The van der Waals surface area contributed by atoms with Crippen molar-refractivity contribution < 1.29 is 9.90 Å². The van der Waals surface area contributed by atoms with Crippen molar-refractivity contribution in [2.45, 2.75) is 19.8 Å². The first-order chi connectivity index (χ1) is 15.0. The maximum Gasteiger partial charge on any atom is 0.226 e. The fourth-order valence-corrected chi connectivity index (χ4v) is 4.58. The number of fused-ring (bicyclic) bond motifs is 1. The highest BCUT2D eigenvalue weighted by Crippen LogP contribution is 2.40. The summed E-state index contributed by atoms with van der Waals surface area (Å²) in [5, 5.41) is 13.8. The number of hydrogen-bond donors (Lipinski definition) is 2. The molecule has 4 rings (SSSR count). The number of rotatable bonds is 7. The van der Waals surface area contributed by atoms with Crippen LogP contribution in [0.3, 0.4) is 0 Å². The molecule has 31 heavy (non-hydrogen) atoms. The Bertz CT molecular complexity index is 1190. The maximum atomic E-state index is 12.5. The van der Waals surface area contributed by atoms with Gasteiger partial charge in [-0.3, -0.25) is 4.79 Å². The average molecular weight is 433 g/mol. The van der Waals surface area contributed by atoms with E-state index >= 15 is 0 Å². The molecule has 7 heteroatoms. The van der Waals surface area contributed by atoms with Gasteiger partial charge >= 0.3 is 0 Å². The second kappa shape index (κ2) is 9.14. The molecule has 2 aromatic heterocycles. The third kappa shape index (κ3) is 4.51. The predicted molar refractivity (Wildman–Crippen MR) is 127 cm³/mol. The van der Waals surface area contributed by atoms with Crippen molar-refractivity contribution in [3.63, 3.8) is 0 Å². The van der Waals surface area contributed by atoms with Crippen molar-refractivity contribution in [1.29, 1.82) is 0 Å². The molecule has 0 radical (unpaired) electrons. The average Bonchev–Trinajstić information content (AvgIpc) is 3.13. The Labute approximate surface area is 185 Å². The van der Waals surface area contributed by atoms with Gasteiger partial charge in [0, 0.05) is 36.1 Å². The van der Waals surface area contributed by atoms with E-state index in [1.54, 1.807) is 53.9 Å². The molecule has 158 valence electrons. The summed E-state index contributed by atoms with van der Waals surface area (Å²) in [7, 11) is 1.75. The van der Waals surface area contributed by atoms with Crippen LogP contribution in [0.25, 0.3) is 21.3 Å². The van der Waals surface area contributed by atoms with Gasteiger partial charge < -0.3 is 15.3 Å². The summed E-state index contributed by atoms with van der Waals surface area (Å²) in [6.45, 7) is 2.74. The minimum atomic E-state index is 0.0247. The number of phenols is 1. The minimum absolute atomic E-state index is 0.0247. The van der Waals surface area contributed by atoms with Crippen molar-refractivity contribution in [3.05, 3.63) is 65.8 Å². The Kier molecular flexibility index (Phi) is 6.13. The van der Waals surface area contributed by atoms with Crippen LogP contribution in [0, 0.1) is 6.92 Å². The normalized spacial score (nSPS) is 10.9. The predicted octanol–water partition coefficient (Wildman–Crippen LogP) is 5.23. The maximum absolute atomic E-state index is 12.5. The lowest BCUT2D eigenvalue weighted by atomic mass is 10.0. The van der Waals surface area contributed by atoms with E-state index in [4.69, 9.17) is 0 Å². The van der Waals surface area contributed by atoms with Crippen LogP contribution in [-0.4, -0.2) is 34.6 Å². The lowest BCUT2D eigenvalue weighted by Crippen LogP contribution is -2.26. The lowest BCUT2D eigenvalue weighted by molar-refractivity contribution is -0.118. The Hall–Kier alpha value is -3.45. The van der Waals surface area contributed by atoms with Gasteiger partial charge in [-0.15, -0.1) is 11.3 Å².